The van der Waals surface area contributed by atoms with Gasteiger partial charge >= 0.3 is 0 Å². The number of likely N-dealkylation sites (N-methyl/N-ethyl adjacent to an activating group) is 1. The van der Waals surface area contributed by atoms with Gasteiger partial charge in [-0.05, 0) is 49.5 Å². The second-order valence-corrected chi connectivity index (χ2v) is 5.12. The Morgan fingerprint density at radius 2 is 1.95 bits per heavy atom. The van der Waals surface area contributed by atoms with Crippen LogP contribution in [0.2, 0.25) is 0 Å². The summed E-state index contributed by atoms with van der Waals surface area (Å²) >= 11 is 0. The molecule has 1 amide bonds. The molecule has 0 aliphatic carbocycles. The van der Waals surface area contributed by atoms with Crippen molar-refractivity contribution in [1.29, 1.82) is 0 Å². The minimum atomic E-state index is 0.0513. The van der Waals surface area contributed by atoms with E-state index in [9.17, 15) is 4.79 Å². The van der Waals surface area contributed by atoms with Gasteiger partial charge in [-0.1, -0.05) is 12.1 Å². The Hall–Kier alpha value is -1.55. The molecule has 1 fully saturated rings. The zero-order valence-electron chi connectivity index (χ0n) is 11.5. The zero-order chi connectivity index (χ0) is 13.5. The second-order valence-electron chi connectivity index (χ2n) is 5.12. The lowest BCUT2D eigenvalue weighted by molar-refractivity contribution is -0.119. The third-order valence-corrected chi connectivity index (χ3v) is 3.65. The summed E-state index contributed by atoms with van der Waals surface area (Å²) in [6.07, 6.45) is 2.95. The largest absolute Gasteiger partial charge is 0.385 e. The molecule has 1 aliphatic heterocycles. The molecule has 1 aromatic rings. The van der Waals surface area contributed by atoms with Crippen LogP contribution in [-0.2, 0) is 11.2 Å². The lowest BCUT2D eigenvalue weighted by Crippen LogP contribution is -2.31. The van der Waals surface area contributed by atoms with Crippen molar-refractivity contribution in [3.63, 3.8) is 0 Å². The number of carbonyl (C=O) groups is 1. The Morgan fingerprint density at radius 3 is 2.58 bits per heavy atom. The van der Waals surface area contributed by atoms with Crippen LogP contribution in [0.25, 0.3) is 0 Å². The summed E-state index contributed by atoms with van der Waals surface area (Å²) in [6, 6.07) is 8.14. The van der Waals surface area contributed by atoms with Crippen molar-refractivity contribution in [2.45, 2.75) is 19.3 Å². The van der Waals surface area contributed by atoms with Crippen LogP contribution in [0, 0.1) is 5.92 Å². The Kier molecular flexibility index (Phi) is 5.21. The fraction of sp³-hybridized carbons (Fsp3) is 0.533. The first kappa shape index (κ1) is 13.9. The molecule has 19 heavy (non-hydrogen) atoms. The summed E-state index contributed by atoms with van der Waals surface area (Å²) in [6.45, 7) is 3.31. The summed E-state index contributed by atoms with van der Waals surface area (Å²) in [5, 5.41) is 9.49. The van der Waals surface area contributed by atoms with Crippen LogP contribution < -0.4 is 16.0 Å². The molecule has 0 spiro atoms. The predicted octanol–water partition coefficient (Wildman–Crippen LogP) is 1.39. The number of hydrogen-bond acceptors (Lipinski definition) is 3. The van der Waals surface area contributed by atoms with Crippen LogP contribution in [0.3, 0.4) is 0 Å². The Morgan fingerprint density at radius 1 is 1.26 bits per heavy atom. The maximum absolute atomic E-state index is 11.3. The number of nitrogens with one attached hydrogen (secondary N) is 3. The number of hydrogen-bond donors (Lipinski definition) is 3. The van der Waals surface area contributed by atoms with Crippen LogP contribution in [0.1, 0.15) is 18.4 Å². The van der Waals surface area contributed by atoms with Crippen LogP contribution in [0.5, 0.6) is 0 Å². The van der Waals surface area contributed by atoms with Gasteiger partial charge in [0.05, 0.1) is 6.42 Å². The van der Waals surface area contributed by atoms with E-state index < -0.39 is 0 Å². The van der Waals surface area contributed by atoms with E-state index in [1.807, 2.05) is 12.1 Å². The van der Waals surface area contributed by atoms with E-state index in [0.29, 0.717) is 6.42 Å². The molecule has 0 atom stereocenters. The fourth-order valence-electron chi connectivity index (χ4n) is 2.36. The summed E-state index contributed by atoms with van der Waals surface area (Å²) in [5.41, 5.74) is 2.19. The topological polar surface area (TPSA) is 53.2 Å². The van der Waals surface area contributed by atoms with Crippen molar-refractivity contribution in [2.75, 3.05) is 32.0 Å². The van der Waals surface area contributed by atoms with Crippen molar-refractivity contribution in [1.82, 2.24) is 10.6 Å². The second kappa shape index (κ2) is 7.14. The summed E-state index contributed by atoms with van der Waals surface area (Å²) in [4.78, 5) is 11.3. The normalized spacial score (nSPS) is 16.1. The first-order chi connectivity index (χ1) is 9.28. The van der Waals surface area contributed by atoms with Crippen LogP contribution in [0.4, 0.5) is 5.69 Å². The van der Waals surface area contributed by atoms with Crippen molar-refractivity contribution in [2.24, 2.45) is 5.92 Å². The molecule has 0 aromatic heterocycles. The van der Waals surface area contributed by atoms with Gasteiger partial charge in [0.25, 0.3) is 0 Å². The molecular weight excluding hydrogens is 238 g/mol. The Bertz CT molecular complexity index is 396. The van der Waals surface area contributed by atoms with Gasteiger partial charge in [0.15, 0.2) is 0 Å². The van der Waals surface area contributed by atoms with E-state index in [2.05, 4.69) is 28.1 Å². The van der Waals surface area contributed by atoms with Gasteiger partial charge in [-0.25, -0.2) is 0 Å². The SMILES string of the molecule is CNC(=O)Cc1ccc(NCC2CCNCC2)cc1. The summed E-state index contributed by atoms with van der Waals surface area (Å²) in [7, 11) is 1.66. The lowest BCUT2D eigenvalue weighted by atomic mass is 9.98. The molecule has 0 radical (unpaired) electrons. The quantitative estimate of drug-likeness (QED) is 0.751. The van der Waals surface area contributed by atoms with Crippen molar-refractivity contribution >= 4 is 11.6 Å². The number of benzene rings is 1. The van der Waals surface area contributed by atoms with E-state index >= 15 is 0 Å². The van der Waals surface area contributed by atoms with E-state index in [4.69, 9.17) is 0 Å². The van der Waals surface area contributed by atoms with E-state index in [0.717, 1.165) is 36.8 Å². The minimum absolute atomic E-state index is 0.0513. The Labute approximate surface area is 115 Å². The highest BCUT2D eigenvalue weighted by Crippen LogP contribution is 2.15. The molecule has 0 saturated carbocycles. The molecule has 2 rings (SSSR count). The van der Waals surface area contributed by atoms with Gasteiger partial charge in [-0.15, -0.1) is 0 Å². The molecule has 1 aromatic carbocycles. The molecule has 4 heteroatoms. The van der Waals surface area contributed by atoms with Gasteiger partial charge in [-0.3, -0.25) is 4.79 Å². The maximum atomic E-state index is 11.3. The lowest BCUT2D eigenvalue weighted by Gasteiger charge is -2.23. The summed E-state index contributed by atoms with van der Waals surface area (Å²) < 4.78 is 0. The van der Waals surface area contributed by atoms with Crippen molar-refractivity contribution in [3.05, 3.63) is 29.8 Å². The van der Waals surface area contributed by atoms with E-state index in [1.165, 1.54) is 12.8 Å². The van der Waals surface area contributed by atoms with Gasteiger partial charge < -0.3 is 16.0 Å². The molecular formula is C15H23N3O. The molecule has 0 bridgehead atoms. The van der Waals surface area contributed by atoms with Crippen LogP contribution in [-0.4, -0.2) is 32.6 Å². The molecule has 1 heterocycles. The molecule has 4 nitrogen and oxygen atoms in total. The van der Waals surface area contributed by atoms with Gasteiger partial charge in [0.1, 0.15) is 0 Å². The first-order valence-electron chi connectivity index (χ1n) is 7.02. The van der Waals surface area contributed by atoms with Gasteiger partial charge in [0, 0.05) is 19.3 Å². The Balaban J connectivity index is 1.79. The molecule has 1 saturated heterocycles. The van der Waals surface area contributed by atoms with E-state index in [-0.39, 0.29) is 5.91 Å². The highest BCUT2D eigenvalue weighted by Gasteiger charge is 2.12. The standard InChI is InChI=1S/C15H23N3O/c1-16-15(19)10-12-2-4-14(5-3-12)18-11-13-6-8-17-9-7-13/h2-5,13,17-18H,6-11H2,1H3,(H,16,19). The van der Waals surface area contributed by atoms with E-state index in [1.54, 1.807) is 7.05 Å². The third kappa shape index (κ3) is 4.56. The number of carbonyl (C=O) groups excluding carboxylic acids is 1. The van der Waals surface area contributed by atoms with Crippen molar-refractivity contribution in [3.8, 4) is 0 Å². The monoisotopic (exact) mass is 261 g/mol. The third-order valence-electron chi connectivity index (χ3n) is 3.65. The summed E-state index contributed by atoms with van der Waals surface area (Å²) in [5.74, 6) is 0.821. The van der Waals surface area contributed by atoms with Crippen molar-refractivity contribution < 1.29 is 4.79 Å². The highest BCUT2D eigenvalue weighted by molar-refractivity contribution is 5.78. The minimum Gasteiger partial charge on any atom is -0.385 e. The number of rotatable bonds is 5. The first-order valence-corrected chi connectivity index (χ1v) is 7.02. The zero-order valence-corrected chi connectivity index (χ0v) is 11.5. The van der Waals surface area contributed by atoms with Gasteiger partial charge in [-0.2, -0.15) is 0 Å². The average Bonchev–Trinajstić information content (AvgIpc) is 2.47. The number of piperidine rings is 1. The van der Waals surface area contributed by atoms with Gasteiger partial charge in [0.2, 0.25) is 5.91 Å². The molecule has 104 valence electrons. The van der Waals surface area contributed by atoms with Crippen LogP contribution in [0.15, 0.2) is 24.3 Å². The molecule has 0 unspecified atom stereocenters. The molecule has 1 aliphatic rings. The molecule has 3 N–H and O–H groups in total. The smallest absolute Gasteiger partial charge is 0.224 e. The average molecular weight is 261 g/mol. The van der Waals surface area contributed by atoms with Crippen LogP contribution >= 0.6 is 0 Å². The predicted molar refractivity (Wildman–Crippen MR) is 78.3 cm³/mol. The number of anilines is 1. The maximum Gasteiger partial charge on any atom is 0.224 e. The fourth-order valence-corrected chi connectivity index (χ4v) is 2.36. The highest BCUT2D eigenvalue weighted by atomic mass is 16.1. The number of amides is 1.